The second-order valence-corrected chi connectivity index (χ2v) is 5.45. The van der Waals surface area contributed by atoms with E-state index in [9.17, 15) is 0 Å². The van der Waals surface area contributed by atoms with Crippen LogP contribution in [0.1, 0.15) is 36.8 Å². The minimum atomic E-state index is 0.536. The summed E-state index contributed by atoms with van der Waals surface area (Å²) in [6, 6.07) is 6.26. The van der Waals surface area contributed by atoms with Gasteiger partial charge in [0.15, 0.2) is 0 Å². The summed E-state index contributed by atoms with van der Waals surface area (Å²) in [5, 5.41) is 1.23. The highest BCUT2D eigenvalue weighted by atomic mass is 16.3. The fourth-order valence-electron chi connectivity index (χ4n) is 2.99. The molecule has 0 atom stereocenters. The van der Waals surface area contributed by atoms with Gasteiger partial charge in [-0.25, -0.2) is 0 Å². The molecule has 0 saturated carbocycles. The second-order valence-electron chi connectivity index (χ2n) is 5.45. The predicted octanol–water partition coefficient (Wildman–Crippen LogP) is 3.27. The Balaban J connectivity index is 1.84. The standard InChI is InChI=1S/C16H22N2O/c17-10-13-6-5-7-15-14(12-19-16(13)15)11-18-8-3-1-2-4-9-18/h5-7,12H,1-4,8-11,17H2. The van der Waals surface area contributed by atoms with Crippen molar-refractivity contribution in [2.24, 2.45) is 5.73 Å². The number of furan rings is 1. The van der Waals surface area contributed by atoms with Gasteiger partial charge in [-0.15, -0.1) is 0 Å². The lowest BCUT2D eigenvalue weighted by molar-refractivity contribution is 0.277. The number of nitrogens with two attached hydrogens (primary N) is 1. The zero-order chi connectivity index (χ0) is 13.1. The topological polar surface area (TPSA) is 42.4 Å². The molecule has 1 aliphatic heterocycles. The number of hydrogen-bond acceptors (Lipinski definition) is 3. The van der Waals surface area contributed by atoms with Crippen LogP contribution in [0.15, 0.2) is 28.9 Å². The van der Waals surface area contributed by atoms with Crippen molar-refractivity contribution >= 4 is 11.0 Å². The van der Waals surface area contributed by atoms with Gasteiger partial charge >= 0.3 is 0 Å². The first-order valence-electron chi connectivity index (χ1n) is 7.29. The van der Waals surface area contributed by atoms with Gasteiger partial charge in [-0.2, -0.15) is 0 Å². The van der Waals surface area contributed by atoms with Crippen LogP contribution >= 0.6 is 0 Å². The quantitative estimate of drug-likeness (QED) is 0.918. The van der Waals surface area contributed by atoms with Gasteiger partial charge in [0.1, 0.15) is 5.58 Å². The Bertz CT molecular complexity index is 539. The summed E-state index contributed by atoms with van der Waals surface area (Å²) in [6.07, 6.45) is 7.31. The first-order chi connectivity index (χ1) is 9.38. The average molecular weight is 258 g/mol. The molecule has 2 aromatic rings. The van der Waals surface area contributed by atoms with Crippen molar-refractivity contribution in [1.82, 2.24) is 4.90 Å². The van der Waals surface area contributed by atoms with Gasteiger partial charge in [-0.1, -0.05) is 31.0 Å². The van der Waals surface area contributed by atoms with E-state index in [1.54, 1.807) is 0 Å². The van der Waals surface area contributed by atoms with E-state index in [0.717, 1.165) is 17.7 Å². The van der Waals surface area contributed by atoms with Gasteiger partial charge in [0, 0.05) is 29.6 Å². The second kappa shape index (κ2) is 5.76. The van der Waals surface area contributed by atoms with Crippen molar-refractivity contribution in [3.05, 3.63) is 35.6 Å². The van der Waals surface area contributed by atoms with Crippen LogP contribution in [-0.2, 0) is 13.1 Å². The summed E-state index contributed by atoms with van der Waals surface area (Å²) >= 11 is 0. The Labute approximate surface area is 114 Å². The largest absolute Gasteiger partial charge is 0.464 e. The Morgan fingerprint density at radius 2 is 1.84 bits per heavy atom. The number of fused-ring (bicyclic) bond motifs is 1. The van der Waals surface area contributed by atoms with Crippen LogP contribution in [0, 0.1) is 0 Å². The minimum absolute atomic E-state index is 0.536. The van der Waals surface area contributed by atoms with Gasteiger partial charge in [0.25, 0.3) is 0 Å². The molecule has 0 bridgehead atoms. The van der Waals surface area contributed by atoms with Crippen LogP contribution < -0.4 is 5.73 Å². The predicted molar refractivity (Wildman–Crippen MR) is 77.9 cm³/mol. The zero-order valence-electron chi connectivity index (χ0n) is 11.4. The summed E-state index contributed by atoms with van der Waals surface area (Å²) in [7, 11) is 0. The van der Waals surface area contributed by atoms with Crippen molar-refractivity contribution in [2.45, 2.75) is 38.8 Å². The molecule has 1 fully saturated rings. The zero-order valence-corrected chi connectivity index (χ0v) is 11.4. The molecule has 3 heteroatoms. The Hall–Kier alpha value is -1.32. The number of benzene rings is 1. The van der Waals surface area contributed by atoms with E-state index in [2.05, 4.69) is 17.0 Å². The minimum Gasteiger partial charge on any atom is -0.464 e. The third-order valence-corrected chi connectivity index (χ3v) is 4.07. The molecule has 19 heavy (non-hydrogen) atoms. The van der Waals surface area contributed by atoms with Crippen LogP contribution in [0.4, 0.5) is 0 Å². The first-order valence-corrected chi connectivity index (χ1v) is 7.29. The van der Waals surface area contributed by atoms with E-state index >= 15 is 0 Å². The SMILES string of the molecule is NCc1cccc2c(CN3CCCCCC3)coc12. The number of rotatable bonds is 3. The molecule has 0 radical (unpaired) electrons. The lowest BCUT2D eigenvalue weighted by Gasteiger charge is -2.18. The van der Waals surface area contributed by atoms with Crippen molar-refractivity contribution in [2.75, 3.05) is 13.1 Å². The molecule has 0 unspecified atom stereocenters. The molecule has 2 heterocycles. The summed E-state index contributed by atoms with van der Waals surface area (Å²) in [5.41, 5.74) is 9.12. The highest BCUT2D eigenvalue weighted by molar-refractivity contribution is 5.83. The van der Waals surface area contributed by atoms with E-state index in [0.29, 0.717) is 6.54 Å². The van der Waals surface area contributed by atoms with E-state index in [-0.39, 0.29) is 0 Å². The monoisotopic (exact) mass is 258 g/mol. The lowest BCUT2D eigenvalue weighted by atomic mass is 10.1. The molecule has 2 N–H and O–H groups in total. The van der Waals surface area contributed by atoms with Gasteiger partial charge in [-0.3, -0.25) is 4.90 Å². The van der Waals surface area contributed by atoms with Crippen LogP contribution in [0.25, 0.3) is 11.0 Å². The van der Waals surface area contributed by atoms with E-state index in [4.69, 9.17) is 10.2 Å². The summed E-state index contributed by atoms with van der Waals surface area (Å²) in [5.74, 6) is 0. The molecule has 1 aromatic carbocycles. The summed E-state index contributed by atoms with van der Waals surface area (Å²) in [4.78, 5) is 2.55. The van der Waals surface area contributed by atoms with Crippen LogP contribution in [0.2, 0.25) is 0 Å². The van der Waals surface area contributed by atoms with Crippen molar-refractivity contribution in [3.63, 3.8) is 0 Å². The van der Waals surface area contributed by atoms with Gasteiger partial charge < -0.3 is 10.2 Å². The molecular formula is C16H22N2O. The first kappa shape index (κ1) is 12.7. The molecule has 1 aliphatic rings. The van der Waals surface area contributed by atoms with Crippen LogP contribution in [0.5, 0.6) is 0 Å². The van der Waals surface area contributed by atoms with Gasteiger partial charge in [0.2, 0.25) is 0 Å². The van der Waals surface area contributed by atoms with Crippen molar-refractivity contribution in [3.8, 4) is 0 Å². The van der Waals surface area contributed by atoms with E-state index < -0.39 is 0 Å². The van der Waals surface area contributed by atoms with Crippen LogP contribution in [-0.4, -0.2) is 18.0 Å². The van der Waals surface area contributed by atoms with Crippen LogP contribution in [0.3, 0.4) is 0 Å². The summed E-state index contributed by atoms with van der Waals surface area (Å²) in [6.45, 7) is 3.96. The number of para-hydroxylation sites is 1. The lowest BCUT2D eigenvalue weighted by Crippen LogP contribution is -2.23. The number of likely N-dealkylation sites (tertiary alicyclic amines) is 1. The molecule has 0 spiro atoms. The Morgan fingerprint density at radius 1 is 1.05 bits per heavy atom. The molecule has 1 saturated heterocycles. The Kier molecular flexibility index (Phi) is 3.85. The third kappa shape index (κ3) is 2.67. The fraction of sp³-hybridized carbons (Fsp3) is 0.500. The molecule has 3 nitrogen and oxygen atoms in total. The highest BCUT2D eigenvalue weighted by Crippen LogP contribution is 2.26. The van der Waals surface area contributed by atoms with E-state index in [1.807, 2.05) is 12.3 Å². The smallest absolute Gasteiger partial charge is 0.138 e. The van der Waals surface area contributed by atoms with Crippen molar-refractivity contribution in [1.29, 1.82) is 0 Å². The van der Waals surface area contributed by atoms with Crippen molar-refractivity contribution < 1.29 is 4.42 Å². The Morgan fingerprint density at radius 3 is 2.58 bits per heavy atom. The summed E-state index contributed by atoms with van der Waals surface area (Å²) < 4.78 is 5.74. The number of hydrogen-bond donors (Lipinski definition) is 1. The molecule has 102 valence electrons. The molecule has 1 aromatic heterocycles. The van der Waals surface area contributed by atoms with Gasteiger partial charge in [0.05, 0.1) is 6.26 Å². The normalized spacial score (nSPS) is 17.7. The van der Waals surface area contributed by atoms with E-state index in [1.165, 1.54) is 49.7 Å². The van der Waals surface area contributed by atoms with Gasteiger partial charge in [-0.05, 0) is 25.9 Å². The molecule has 0 aliphatic carbocycles. The maximum atomic E-state index is 5.76. The third-order valence-electron chi connectivity index (χ3n) is 4.07. The highest BCUT2D eigenvalue weighted by Gasteiger charge is 2.14. The molecule has 3 rings (SSSR count). The average Bonchev–Trinajstić information content (AvgIpc) is 2.68. The maximum absolute atomic E-state index is 5.76. The molecular weight excluding hydrogens is 236 g/mol. The molecule has 0 amide bonds. The fourth-order valence-corrected chi connectivity index (χ4v) is 2.99. The maximum Gasteiger partial charge on any atom is 0.138 e. The number of nitrogens with zero attached hydrogens (tertiary/aromatic N) is 1.